The highest BCUT2D eigenvalue weighted by molar-refractivity contribution is 6.07. The Bertz CT molecular complexity index is 582. The molecule has 0 aliphatic heterocycles. The number of hydrogen-bond acceptors (Lipinski definition) is 4. The molecule has 0 bridgehead atoms. The van der Waals surface area contributed by atoms with Crippen molar-refractivity contribution in [3.8, 4) is 0 Å². The molecule has 1 aromatic carbocycles. The van der Waals surface area contributed by atoms with Crippen LogP contribution in [0.15, 0.2) is 24.3 Å². The summed E-state index contributed by atoms with van der Waals surface area (Å²) < 4.78 is 36.0. The van der Waals surface area contributed by atoms with Crippen molar-refractivity contribution in [2.24, 2.45) is 0 Å². The van der Waals surface area contributed by atoms with Gasteiger partial charge in [0.2, 0.25) is 6.43 Å². The normalized spacial score (nSPS) is 18.8. The number of rotatable bonds is 6. The van der Waals surface area contributed by atoms with Crippen molar-refractivity contribution < 1.29 is 27.8 Å². The maximum atomic E-state index is 12.9. The van der Waals surface area contributed by atoms with Crippen LogP contribution in [0.2, 0.25) is 0 Å². The quantitative estimate of drug-likeness (QED) is 0.587. The van der Waals surface area contributed by atoms with Gasteiger partial charge in [-0.25, -0.2) is 8.78 Å². The predicted octanol–water partition coefficient (Wildman–Crippen LogP) is 3.58. The first kappa shape index (κ1) is 18.4. The minimum absolute atomic E-state index is 0.110. The van der Waals surface area contributed by atoms with Crippen LogP contribution in [0.3, 0.4) is 0 Å². The van der Waals surface area contributed by atoms with Crippen molar-refractivity contribution in [3.05, 3.63) is 35.4 Å². The molecule has 1 aliphatic carbocycles. The SMILES string of the molecule is CCOC(=O)C1(C(=O)OCC)CCC(CC(F)F)c2ccccc21. The zero-order valence-electron chi connectivity index (χ0n) is 13.9. The van der Waals surface area contributed by atoms with E-state index in [2.05, 4.69) is 0 Å². The molecule has 0 heterocycles. The molecular formula is C18H22F2O4. The molecule has 1 unspecified atom stereocenters. The van der Waals surface area contributed by atoms with Crippen molar-refractivity contribution in [2.45, 2.75) is 50.9 Å². The van der Waals surface area contributed by atoms with Crippen LogP contribution < -0.4 is 0 Å². The van der Waals surface area contributed by atoms with E-state index in [1.807, 2.05) is 0 Å². The second kappa shape index (κ2) is 7.73. The van der Waals surface area contributed by atoms with Crippen LogP contribution in [0.25, 0.3) is 0 Å². The minimum Gasteiger partial charge on any atom is -0.465 e. The van der Waals surface area contributed by atoms with Crippen LogP contribution in [-0.4, -0.2) is 31.6 Å². The molecule has 0 aromatic heterocycles. The highest BCUT2D eigenvalue weighted by atomic mass is 19.3. The van der Waals surface area contributed by atoms with E-state index in [0.29, 0.717) is 17.5 Å². The molecule has 0 radical (unpaired) electrons. The summed E-state index contributed by atoms with van der Waals surface area (Å²) in [4.78, 5) is 25.3. The smallest absolute Gasteiger partial charge is 0.328 e. The average Bonchev–Trinajstić information content (AvgIpc) is 2.55. The van der Waals surface area contributed by atoms with Gasteiger partial charge in [0.05, 0.1) is 13.2 Å². The summed E-state index contributed by atoms with van der Waals surface area (Å²) in [5, 5.41) is 0. The Morgan fingerprint density at radius 2 is 1.75 bits per heavy atom. The lowest BCUT2D eigenvalue weighted by molar-refractivity contribution is -0.166. The molecule has 0 saturated carbocycles. The zero-order valence-corrected chi connectivity index (χ0v) is 13.9. The monoisotopic (exact) mass is 340 g/mol. The highest BCUT2D eigenvalue weighted by Gasteiger charge is 2.54. The summed E-state index contributed by atoms with van der Waals surface area (Å²) in [5.74, 6) is -1.74. The summed E-state index contributed by atoms with van der Waals surface area (Å²) in [6.07, 6.45) is -2.32. The highest BCUT2D eigenvalue weighted by Crippen LogP contribution is 2.46. The second-order valence-corrected chi connectivity index (χ2v) is 5.80. The van der Waals surface area contributed by atoms with E-state index < -0.39 is 29.7 Å². The number of fused-ring (bicyclic) bond motifs is 1. The Balaban J connectivity index is 2.55. The Hall–Kier alpha value is -1.98. The van der Waals surface area contributed by atoms with Crippen molar-refractivity contribution >= 4 is 11.9 Å². The maximum Gasteiger partial charge on any atom is 0.328 e. The molecule has 0 fully saturated rings. The Labute approximate surface area is 140 Å². The van der Waals surface area contributed by atoms with Crippen LogP contribution in [0.1, 0.15) is 50.2 Å². The van der Waals surface area contributed by atoms with Crippen molar-refractivity contribution in [2.75, 3.05) is 13.2 Å². The molecule has 1 aromatic rings. The summed E-state index contributed by atoms with van der Waals surface area (Å²) in [6.45, 7) is 3.57. The van der Waals surface area contributed by atoms with Crippen molar-refractivity contribution in [1.82, 2.24) is 0 Å². The molecule has 24 heavy (non-hydrogen) atoms. The van der Waals surface area contributed by atoms with Gasteiger partial charge in [-0.3, -0.25) is 9.59 Å². The molecule has 0 spiro atoms. The van der Waals surface area contributed by atoms with Gasteiger partial charge in [-0.15, -0.1) is 0 Å². The third-order valence-electron chi connectivity index (χ3n) is 4.44. The van der Waals surface area contributed by atoms with Gasteiger partial charge in [0, 0.05) is 6.42 Å². The van der Waals surface area contributed by atoms with Crippen LogP contribution in [0.4, 0.5) is 8.78 Å². The summed E-state index contributed by atoms with van der Waals surface area (Å²) in [5.41, 5.74) is -0.537. The van der Waals surface area contributed by atoms with Gasteiger partial charge in [0.15, 0.2) is 5.41 Å². The van der Waals surface area contributed by atoms with Crippen LogP contribution in [-0.2, 0) is 24.5 Å². The number of ether oxygens (including phenoxy) is 2. The van der Waals surface area contributed by atoms with Gasteiger partial charge >= 0.3 is 11.9 Å². The molecule has 1 atom stereocenters. The van der Waals surface area contributed by atoms with E-state index in [1.165, 1.54) is 0 Å². The van der Waals surface area contributed by atoms with E-state index in [-0.39, 0.29) is 26.1 Å². The first-order chi connectivity index (χ1) is 11.5. The summed E-state index contributed by atoms with van der Waals surface area (Å²) >= 11 is 0. The van der Waals surface area contributed by atoms with Crippen molar-refractivity contribution in [1.29, 1.82) is 0 Å². The van der Waals surface area contributed by atoms with Gasteiger partial charge in [0.1, 0.15) is 0 Å². The van der Waals surface area contributed by atoms with Gasteiger partial charge < -0.3 is 9.47 Å². The average molecular weight is 340 g/mol. The van der Waals surface area contributed by atoms with E-state index in [4.69, 9.17) is 9.47 Å². The summed E-state index contributed by atoms with van der Waals surface area (Å²) in [7, 11) is 0. The maximum absolute atomic E-state index is 12.9. The van der Waals surface area contributed by atoms with Gasteiger partial charge in [-0.1, -0.05) is 24.3 Å². The van der Waals surface area contributed by atoms with Gasteiger partial charge in [-0.2, -0.15) is 0 Å². The number of esters is 2. The van der Waals surface area contributed by atoms with E-state index in [9.17, 15) is 18.4 Å². The minimum atomic E-state index is -2.44. The fourth-order valence-electron chi connectivity index (χ4n) is 3.40. The second-order valence-electron chi connectivity index (χ2n) is 5.80. The first-order valence-electron chi connectivity index (χ1n) is 8.19. The number of alkyl halides is 2. The van der Waals surface area contributed by atoms with Crippen molar-refractivity contribution in [3.63, 3.8) is 0 Å². The number of carbonyl (C=O) groups is 2. The lowest BCUT2D eigenvalue weighted by Crippen LogP contribution is -2.49. The number of hydrogen-bond donors (Lipinski definition) is 0. The third-order valence-corrected chi connectivity index (χ3v) is 4.44. The van der Waals surface area contributed by atoms with E-state index >= 15 is 0 Å². The van der Waals surface area contributed by atoms with Gasteiger partial charge in [-0.05, 0) is 43.7 Å². The van der Waals surface area contributed by atoms with Crippen LogP contribution in [0, 0.1) is 0 Å². The molecule has 0 amide bonds. The Kier molecular flexibility index (Phi) is 5.91. The number of halogens is 2. The zero-order chi connectivity index (χ0) is 17.7. The molecule has 1 aliphatic rings. The van der Waals surface area contributed by atoms with Crippen LogP contribution in [0.5, 0.6) is 0 Å². The lowest BCUT2D eigenvalue weighted by Gasteiger charge is -2.38. The molecular weight excluding hydrogens is 318 g/mol. The van der Waals surface area contributed by atoms with Crippen LogP contribution >= 0.6 is 0 Å². The number of carbonyl (C=O) groups excluding carboxylic acids is 2. The molecule has 6 heteroatoms. The standard InChI is InChI=1S/C18H22F2O4/c1-3-23-16(21)18(17(22)24-4-2)10-9-12(11-15(19)20)13-7-5-6-8-14(13)18/h5-8,12,15H,3-4,9-11H2,1-2H3. The lowest BCUT2D eigenvalue weighted by atomic mass is 9.65. The Morgan fingerprint density at radius 3 is 2.29 bits per heavy atom. The molecule has 2 rings (SSSR count). The molecule has 0 N–H and O–H groups in total. The fraction of sp³-hybridized carbons (Fsp3) is 0.556. The third kappa shape index (κ3) is 3.28. The molecule has 4 nitrogen and oxygen atoms in total. The first-order valence-corrected chi connectivity index (χ1v) is 8.19. The van der Waals surface area contributed by atoms with E-state index in [1.54, 1.807) is 38.1 Å². The summed E-state index contributed by atoms with van der Waals surface area (Å²) in [6, 6.07) is 6.76. The molecule has 132 valence electrons. The largest absolute Gasteiger partial charge is 0.465 e. The van der Waals surface area contributed by atoms with E-state index in [0.717, 1.165) is 0 Å². The molecule has 0 saturated heterocycles. The van der Waals surface area contributed by atoms with Gasteiger partial charge in [0.25, 0.3) is 0 Å². The number of benzene rings is 1. The topological polar surface area (TPSA) is 52.6 Å². The fourth-order valence-corrected chi connectivity index (χ4v) is 3.40. The predicted molar refractivity (Wildman–Crippen MR) is 84.0 cm³/mol. The Morgan fingerprint density at radius 1 is 1.17 bits per heavy atom.